The van der Waals surface area contributed by atoms with Gasteiger partial charge in [0.15, 0.2) is 0 Å². The van der Waals surface area contributed by atoms with Gasteiger partial charge < -0.3 is 10.6 Å². The molecule has 0 fully saturated rings. The highest BCUT2D eigenvalue weighted by Crippen LogP contribution is 2.23. The number of hydrogen-bond donors (Lipinski definition) is 2. The van der Waals surface area contributed by atoms with E-state index < -0.39 is 0 Å². The molecule has 0 radical (unpaired) electrons. The van der Waals surface area contributed by atoms with Crippen LogP contribution < -0.4 is 10.6 Å². The van der Waals surface area contributed by atoms with Crippen molar-refractivity contribution >= 4 is 24.0 Å². The summed E-state index contributed by atoms with van der Waals surface area (Å²) in [6.45, 7) is 2.94. The highest BCUT2D eigenvalue weighted by molar-refractivity contribution is 5.88. The summed E-state index contributed by atoms with van der Waals surface area (Å²) in [5, 5.41) is 11.2. The lowest BCUT2D eigenvalue weighted by Gasteiger charge is -2.07. The summed E-state index contributed by atoms with van der Waals surface area (Å²) in [5.74, 6) is -0.0651. The van der Waals surface area contributed by atoms with E-state index >= 15 is 0 Å². The van der Waals surface area contributed by atoms with E-state index in [-0.39, 0.29) is 18.3 Å². The van der Waals surface area contributed by atoms with Crippen molar-refractivity contribution in [3.8, 4) is 16.9 Å². The lowest BCUT2D eigenvalue weighted by Crippen LogP contribution is -2.13. The molecule has 5 nitrogen and oxygen atoms in total. The van der Waals surface area contributed by atoms with Crippen LogP contribution in [0.15, 0.2) is 91.1 Å². The van der Waals surface area contributed by atoms with Crippen molar-refractivity contribution in [2.75, 3.05) is 5.32 Å². The Morgan fingerprint density at radius 3 is 2.16 bits per heavy atom. The van der Waals surface area contributed by atoms with Gasteiger partial charge >= 0.3 is 0 Å². The molecule has 1 aromatic heterocycles. The molecule has 0 atom stereocenters. The van der Waals surface area contributed by atoms with Gasteiger partial charge in [-0.25, -0.2) is 4.68 Å². The van der Waals surface area contributed by atoms with E-state index in [1.165, 1.54) is 6.92 Å². The molecule has 0 unspecified atom stereocenters. The quantitative estimate of drug-likeness (QED) is 0.421. The number of anilines is 1. The fraction of sp³-hybridized carbons (Fsp3) is 0.120. The zero-order valence-electron chi connectivity index (χ0n) is 17.3. The van der Waals surface area contributed by atoms with E-state index in [2.05, 4.69) is 41.1 Å². The Labute approximate surface area is 188 Å². The van der Waals surface area contributed by atoms with Crippen molar-refractivity contribution < 1.29 is 4.79 Å². The number of aromatic nitrogens is 2. The van der Waals surface area contributed by atoms with Crippen LogP contribution in [-0.4, -0.2) is 15.7 Å². The summed E-state index contributed by atoms with van der Waals surface area (Å²) in [7, 11) is 0. The SMILES string of the molecule is CC(=O)Nc1ccc(CNCc2cn(-c3ccccc3)nc2-c2ccccc2)cc1.Cl. The second-order valence-corrected chi connectivity index (χ2v) is 7.13. The zero-order chi connectivity index (χ0) is 20.8. The average Bonchev–Trinajstić information content (AvgIpc) is 3.20. The maximum Gasteiger partial charge on any atom is 0.221 e. The molecule has 0 saturated heterocycles. The topological polar surface area (TPSA) is 59.0 Å². The Balaban J connectivity index is 0.00000272. The molecule has 4 rings (SSSR count). The van der Waals surface area contributed by atoms with Crippen LogP contribution in [-0.2, 0) is 17.9 Å². The number of rotatable bonds is 7. The van der Waals surface area contributed by atoms with Crippen LogP contribution in [0.2, 0.25) is 0 Å². The van der Waals surface area contributed by atoms with E-state index in [1.807, 2.05) is 65.3 Å². The molecular formula is C25H25ClN4O. The van der Waals surface area contributed by atoms with Crippen LogP contribution in [0.4, 0.5) is 5.69 Å². The number of para-hydroxylation sites is 1. The second-order valence-electron chi connectivity index (χ2n) is 7.13. The number of carbonyl (C=O) groups is 1. The molecule has 6 heteroatoms. The number of carbonyl (C=O) groups excluding carboxylic acids is 1. The van der Waals surface area contributed by atoms with Gasteiger partial charge in [-0.2, -0.15) is 5.10 Å². The minimum Gasteiger partial charge on any atom is -0.326 e. The van der Waals surface area contributed by atoms with E-state index in [9.17, 15) is 4.79 Å². The Bertz CT molecular complexity index is 1110. The lowest BCUT2D eigenvalue weighted by molar-refractivity contribution is -0.114. The molecule has 1 heterocycles. The number of halogens is 1. The second kappa shape index (κ2) is 10.6. The van der Waals surface area contributed by atoms with Crippen LogP contribution in [0.5, 0.6) is 0 Å². The van der Waals surface area contributed by atoms with Gasteiger partial charge in [-0.3, -0.25) is 4.79 Å². The van der Waals surface area contributed by atoms with E-state index in [0.717, 1.165) is 40.3 Å². The maximum absolute atomic E-state index is 11.1. The number of hydrogen-bond acceptors (Lipinski definition) is 3. The molecule has 0 aliphatic rings. The van der Waals surface area contributed by atoms with Crippen LogP contribution in [0.3, 0.4) is 0 Å². The molecule has 3 aromatic carbocycles. The van der Waals surface area contributed by atoms with Crippen molar-refractivity contribution in [3.05, 3.63) is 102 Å². The summed E-state index contributed by atoms with van der Waals surface area (Å²) in [4.78, 5) is 11.1. The Kier molecular flexibility index (Phi) is 7.60. The van der Waals surface area contributed by atoms with Gasteiger partial charge in [0.05, 0.1) is 11.4 Å². The highest BCUT2D eigenvalue weighted by atomic mass is 35.5. The molecule has 1 amide bonds. The van der Waals surface area contributed by atoms with Gasteiger partial charge in [-0.15, -0.1) is 12.4 Å². The molecule has 4 aromatic rings. The number of nitrogens with zero attached hydrogens (tertiary/aromatic N) is 2. The van der Waals surface area contributed by atoms with Crippen molar-refractivity contribution in [1.29, 1.82) is 0 Å². The van der Waals surface area contributed by atoms with Crippen molar-refractivity contribution in [2.24, 2.45) is 0 Å². The number of amides is 1. The number of benzene rings is 3. The van der Waals surface area contributed by atoms with Crippen LogP contribution in [0.25, 0.3) is 16.9 Å². The minimum atomic E-state index is -0.0651. The summed E-state index contributed by atoms with van der Waals surface area (Å²) in [6.07, 6.45) is 2.09. The molecule has 0 aliphatic carbocycles. The molecule has 2 N–H and O–H groups in total. The third-order valence-corrected chi connectivity index (χ3v) is 4.78. The third-order valence-electron chi connectivity index (χ3n) is 4.78. The van der Waals surface area contributed by atoms with Gasteiger partial charge in [0, 0.05) is 43.0 Å². The maximum atomic E-state index is 11.1. The van der Waals surface area contributed by atoms with Crippen molar-refractivity contribution in [3.63, 3.8) is 0 Å². The third kappa shape index (κ3) is 5.81. The van der Waals surface area contributed by atoms with E-state index in [4.69, 9.17) is 5.10 Å². The molecular weight excluding hydrogens is 408 g/mol. The van der Waals surface area contributed by atoms with Crippen molar-refractivity contribution in [1.82, 2.24) is 15.1 Å². The zero-order valence-corrected chi connectivity index (χ0v) is 18.1. The smallest absolute Gasteiger partial charge is 0.221 e. The Hall–Kier alpha value is -3.41. The standard InChI is InChI=1S/C25H24N4O.ClH/c1-19(30)27-23-14-12-20(13-15-23)16-26-17-22-18-29(24-10-6-3-7-11-24)28-25(22)21-8-4-2-5-9-21;/h2-15,18,26H,16-17H2,1H3,(H,27,30);1H. The minimum absolute atomic E-state index is 0. The van der Waals surface area contributed by atoms with Crippen molar-refractivity contribution in [2.45, 2.75) is 20.0 Å². The largest absolute Gasteiger partial charge is 0.326 e. The van der Waals surface area contributed by atoms with Gasteiger partial charge in [0.25, 0.3) is 0 Å². The molecule has 0 saturated carbocycles. The molecule has 31 heavy (non-hydrogen) atoms. The fourth-order valence-corrected chi connectivity index (χ4v) is 3.34. The number of nitrogens with one attached hydrogen (secondary N) is 2. The van der Waals surface area contributed by atoms with Gasteiger partial charge in [-0.1, -0.05) is 60.7 Å². The summed E-state index contributed by atoms with van der Waals surface area (Å²) < 4.78 is 1.93. The Morgan fingerprint density at radius 2 is 1.52 bits per heavy atom. The predicted molar refractivity (Wildman–Crippen MR) is 128 cm³/mol. The van der Waals surface area contributed by atoms with E-state index in [0.29, 0.717) is 6.54 Å². The summed E-state index contributed by atoms with van der Waals surface area (Å²) >= 11 is 0. The Morgan fingerprint density at radius 1 is 0.871 bits per heavy atom. The van der Waals surface area contributed by atoms with Crippen LogP contribution in [0, 0.1) is 0 Å². The van der Waals surface area contributed by atoms with Crippen LogP contribution in [0.1, 0.15) is 18.1 Å². The molecule has 0 spiro atoms. The fourth-order valence-electron chi connectivity index (χ4n) is 3.34. The lowest BCUT2D eigenvalue weighted by atomic mass is 10.1. The van der Waals surface area contributed by atoms with Gasteiger partial charge in [0.2, 0.25) is 5.91 Å². The highest BCUT2D eigenvalue weighted by Gasteiger charge is 2.12. The molecule has 0 aliphatic heterocycles. The van der Waals surface area contributed by atoms with E-state index in [1.54, 1.807) is 0 Å². The first-order chi connectivity index (χ1) is 14.7. The summed E-state index contributed by atoms with van der Waals surface area (Å²) in [5.41, 5.74) is 6.22. The normalized spacial score (nSPS) is 10.4. The van der Waals surface area contributed by atoms with Crippen LogP contribution >= 0.6 is 12.4 Å². The van der Waals surface area contributed by atoms with Gasteiger partial charge in [0.1, 0.15) is 0 Å². The monoisotopic (exact) mass is 432 g/mol. The predicted octanol–water partition coefficient (Wildman–Crippen LogP) is 5.21. The average molecular weight is 433 g/mol. The first-order valence-electron chi connectivity index (χ1n) is 9.96. The first kappa shape index (κ1) is 22.3. The summed E-state index contributed by atoms with van der Waals surface area (Å²) in [6, 6.07) is 28.3. The molecule has 0 bridgehead atoms. The first-order valence-corrected chi connectivity index (χ1v) is 9.96. The van der Waals surface area contributed by atoms with Gasteiger partial charge in [-0.05, 0) is 29.8 Å². The molecule has 158 valence electrons.